The fourth-order valence-corrected chi connectivity index (χ4v) is 3.20. The van der Waals surface area contributed by atoms with Crippen LogP contribution in [0.15, 0.2) is 33.6 Å². The largest absolute Gasteiger partial charge is 0.454 e. The number of carbonyl (C=O) groups is 2. The lowest BCUT2D eigenvalue weighted by Gasteiger charge is -2.20. The Morgan fingerprint density at radius 3 is 2.26 bits per heavy atom. The van der Waals surface area contributed by atoms with E-state index in [1.165, 1.54) is 19.2 Å². The van der Waals surface area contributed by atoms with E-state index in [4.69, 9.17) is 4.74 Å². The van der Waals surface area contributed by atoms with Gasteiger partial charge >= 0.3 is 5.97 Å². The molecule has 0 unspecified atom stereocenters. The molecule has 0 aliphatic heterocycles. The highest BCUT2D eigenvalue weighted by molar-refractivity contribution is 9.10. The summed E-state index contributed by atoms with van der Waals surface area (Å²) >= 11 is 3.22. The van der Waals surface area contributed by atoms with E-state index in [-0.39, 0.29) is 10.8 Å². The average molecular weight is 407 g/mol. The summed E-state index contributed by atoms with van der Waals surface area (Å²) in [7, 11) is -2.47. The first-order chi connectivity index (χ1) is 10.7. The number of sulfonamides is 1. The summed E-state index contributed by atoms with van der Waals surface area (Å²) < 4.78 is 32.6. The van der Waals surface area contributed by atoms with Gasteiger partial charge in [-0.05, 0) is 30.2 Å². The zero-order valence-electron chi connectivity index (χ0n) is 13.0. The number of halogens is 1. The molecule has 1 atom stereocenters. The molecule has 1 aromatic rings. The first-order valence-corrected chi connectivity index (χ1v) is 9.10. The van der Waals surface area contributed by atoms with Gasteiger partial charge in [0.1, 0.15) is 6.04 Å². The molecule has 7 nitrogen and oxygen atoms in total. The number of carbonyl (C=O) groups excluding carboxylic acids is 2. The molecule has 128 valence electrons. The quantitative estimate of drug-likeness (QED) is 0.658. The minimum atomic E-state index is -3.88. The van der Waals surface area contributed by atoms with Crippen molar-refractivity contribution in [1.29, 1.82) is 0 Å². The zero-order valence-corrected chi connectivity index (χ0v) is 15.4. The Hall–Kier alpha value is -1.45. The molecule has 1 aromatic carbocycles. The standard InChI is InChI=1S/C14H19BrN2O5S/c1-9(2)13(14(19)22-8-12(18)16-3)17-23(20,21)11-6-4-10(15)5-7-11/h4-7,9,13,17H,8H2,1-3H3,(H,16,18)/t13-/m0/s1. The molecule has 0 aliphatic rings. The number of hydrogen-bond donors (Lipinski definition) is 2. The Labute approximate surface area is 144 Å². The van der Waals surface area contributed by atoms with Gasteiger partial charge in [-0.25, -0.2) is 8.42 Å². The molecule has 2 N–H and O–H groups in total. The maximum Gasteiger partial charge on any atom is 0.324 e. The van der Waals surface area contributed by atoms with E-state index in [9.17, 15) is 18.0 Å². The van der Waals surface area contributed by atoms with Crippen LogP contribution in [0.2, 0.25) is 0 Å². The monoisotopic (exact) mass is 406 g/mol. The van der Waals surface area contributed by atoms with Crippen LogP contribution in [0.25, 0.3) is 0 Å². The second-order valence-corrected chi connectivity index (χ2v) is 7.71. The number of rotatable bonds is 7. The van der Waals surface area contributed by atoms with Gasteiger partial charge in [0.25, 0.3) is 5.91 Å². The van der Waals surface area contributed by atoms with Gasteiger partial charge in [0.05, 0.1) is 4.90 Å². The van der Waals surface area contributed by atoms with E-state index >= 15 is 0 Å². The lowest BCUT2D eigenvalue weighted by molar-refractivity contribution is -0.151. The van der Waals surface area contributed by atoms with Crippen molar-refractivity contribution in [3.8, 4) is 0 Å². The lowest BCUT2D eigenvalue weighted by Crippen LogP contribution is -2.46. The maximum absolute atomic E-state index is 12.3. The Balaban J connectivity index is 2.88. The lowest BCUT2D eigenvalue weighted by atomic mass is 10.1. The molecule has 1 amide bonds. The summed E-state index contributed by atoms with van der Waals surface area (Å²) in [6, 6.07) is 4.92. The summed E-state index contributed by atoms with van der Waals surface area (Å²) in [4.78, 5) is 23.2. The van der Waals surface area contributed by atoms with Gasteiger partial charge in [-0.1, -0.05) is 29.8 Å². The minimum Gasteiger partial charge on any atom is -0.454 e. The van der Waals surface area contributed by atoms with Crippen LogP contribution < -0.4 is 10.0 Å². The SMILES string of the molecule is CNC(=O)COC(=O)[C@@H](NS(=O)(=O)c1ccc(Br)cc1)C(C)C. The van der Waals surface area contributed by atoms with Crippen molar-refractivity contribution < 1.29 is 22.7 Å². The van der Waals surface area contributed by atoms with Gasteiger partial charge < -0.3 is 10.1 Å². The van der Waals surface area contributed by atoms with E-state index in [2.05, 4.69) is 26.0 Å². The van der Waals surface area contributed by atoms with E-state index in [1.807, 2.05) is 0 Å². The average Bonchev–Trinajstić information content (AvgIpc) is 2.50. The van der Waals surface area contributed by atoms with E-state index < -0.39 is 34.5 Å². The summed E-state index contributed by atoms with van der Waals surface area (Å²) in [6.07, 6.45) is 0. The van der Waals surface area contributed by atoms with E-state index in [0.29, 0.717) is 0 Å². The normalized spacial score (nSPS) is 12.7. The fraction of sp³-hybridized carbons (Fsp3) is 0.429. The van der Waals surface area contributed by atoms with Crippen molar-refractivity contribution in [3.05, 3.63) is 28.7 Å². The number of benzene rings is 1. The van der Waals surface area contributed by atoms with Crippen LogP contribution in [-0.4, -0.2) is 40.0 Å². The summed E-state index contributed by atoms with van der Waals surface area (Å²) in [5, 5.41) is 2.31. The van der Waals surface area contributed by atoms with Crippen LogP contribution in [0.5, 0.6) is 0 Å². The molecular weight excluding hydrogens is 388 g/mol. The molecule has 0 aromatic heterocycles. The first-order valence-electron chi connectivity index (χ1n) is 6.82. The summed E-state index contributed by atoms with van der Waals surface area (Å²) in [5.74, 6) is -1.63. The van der Waals surface area contributed by atoms with Crippen molar-refractivity contribution in [2.24, 2.45) is 5.92 Å². The third kappa shape index (κ3) is 5.92. The molecule has 23 heavy (non-hydrogen) atoms. The van der Waals surface area contributed by atoms with Crippen molar-refractivity contribution in [2.75, 3.05) is 13.7 Å². The predicted molar refractivity (Wildman–Crippen MR) is 88.1 cm³/mol. The third-order valence-electron chi connectivity index (χ3n) is 2.95. The van der Waals surface area contributed by atoms with Gasteiger partial charge in [-0.15, -0.1) is 0 Å². The van der Waals surface area contributed by atoms with Gasteiger partial charge in [0, 0.05) is 11.5 Å². The fourth-order valence-electron chi connectivity index (χ4n) is 1.60. The van der Waals surface area contributed by atoms with Crippen molar-refractivity contribution in [3.63, 3.8) is 0 Å². The van der Waals surface area contributed by atoms with Crippen LogP contribution in [-0.2, 0) is 24.3 Å². The maximum atomic E-state index is 12.3. The molecule has 9 heteroatoms. The number of ether oxygens (including phenoxy) is 1. The van der Waals surface area contributed by atoms with Gasteiger partial charge in [-0.2, -0.15) is 4.72 Å². The Morgan fingerprint density at radius 1 is 1.22 bits per heavy atom. The van der Waals surface area contributed by atoms with Crippen LogP contribution in [0, 0.1) is 5.92 Å². The number of amides is 1. The van der Waals surface area contributed by atoms with Gasteiger partial charge in [0.15, 0.2) is 6.61 Å². The number of esters is 1. The molecule has 1 rings (SSSR count). The highest BCUT2D eigenvalue weighted by Crippen LogP contribution is 2.16. The second-order valence-electron chi connectivity index (χ2n) is 5.08. The number of likely N-dealkylation sites (N-methyl/N-ethyl adjacent to an activating group) is 1. The topological polar surface area (TPSA) is 102 Å². The Bertz CT molecular complexity index is 658. The first kappa shape index (κ1) is 19.6. The van der Waals surface area contributed by atoms with Gasteiger partial charge in [0.2, 0.25) is 10.0 Å². The molecule has 0 spiro atoms. The molecule has 0 aliphatic carbocycles. The predicted octanol–water partition coefficient (Wildman–Crippen LogP) is 1.04. The summed E-state index contributed by atoms with van der Waals surface area (Å²) in [6.45, 7) is 2.89. The molecule has 0 heterocycles. The summed E-state index contributed by atoms with van der Waals surface area (Å²) in [5.41, 5.74) is 0. The van der Waals surface area contributed by atoms with Crippen molar-refractivity contribution in [1.82, 2.24) is 10.0 Å². The molecule has 0 saturated heterocycles. The molecule has 0 bridgehead atoms. The van der Waals surface area contributed by atoms with Crippen molar-refractivity contribution >= 4 is 37.8 Å². The highest BCUT2D eigenvalue weighted by atomic mass is 79.9. The molecule has 0 saturated carbocycles. The van der Waals surface area contributed by atoms with Crippen LogP contribution in [0.1, 0.15) is 13.8 Å². The third-order valence-corrected chi connectivity index (χ3v) is 4.94. The van der Waals surface area contributed by atoms with Crippen LogP contribution in [0.4, 0.5) is 0 Å². The Morgan fingerprint density at radius 2 is 1.78 bits per heavy atom. The van der Waals surface area contributed by atoms with Crippen LogP contribution >= 0.6 is 15.9 Å². The van der Waals surface area contributed by atoms with E-state index in [0.717, 1.165) is 4.47 Å². The van der Waals surface area contributed by atoms with Crippen LogP contribution in [0.3, 0.4) is 0 Å². The molecular formula is C14H19BrN2O5S. The molecule has 0 radical (unpaired) electrons. The van der Waals surface area contributed by atoms with E-state index in [1.54, 1.807) is 26.0 Å². The second kappa shape index (κ2) is 8.42. The smallest absolute Gasteiger partial charge is 0.324 e. The highest BCUT2D eigenvalue weighted by Gasteiger charge is 2.30. The number of hydrogen-bond acceptors (Lipinski definition) is 5. The zero-order chi connectivity index (χ0) is 17.6. The Kier molecular flexibility index (Phi) is 7.17. The van der Waals surface area contributed by atoms with Gasteiger partial charge in [-0.3, -0.25) is 9.59 Å². The van der Waals surface area contributed by atoms with Crippen molar-refractivity contribution in [2.45, 2.75) is 24.8 Å². The minimum absolute atomic E-state index is 0.0328. The molecule has 0 fully saturated rings. The number of nitrogens with one attached hydrogen (secondary N) is 2.